The average molecular weight is 282 g/mol. The second kappa shape index (κ2) is 5.38. The van der Waals surface area contributed by atoms with Crippen LogP contribution in [0, 0.1) is 6.92 Å². The van der Waals surface area contributed by atoms with Gasteiger partial charge in [0.2, 0.25) is 5.96 Å². The van der Waals surface area contributed by atoms with Gasteiger partial charge in [0.25, 0.3) is 0 Å². The largest absolute Gasteiger partial charge is 0.383 e. The third-order valence-corrected chi connectivity index (χ3v) is 3.84. The van der Waals surface area contributed by atoms with Gasteiger partial charge in [0.05, 0.1) is 5.69 Å². The van der Waals surface area contributed by atoms with E-state index >= 15 is 0 Å². The summed E-state index contributed by atoms with van der Waals surface area (Å²) < 4.78 is 3.14. The van der Waals surface area contributed by atoms with E-state index in [-0.39, 0.29) is 0 Å². The van der Waals surface area contributed by atoms with Crippen molar-refractivity contribution in [2.45, 2.75) is 11.8 Å². The molecule has 0 saturated carbocycles. The van der Waals surface area contributed by atoms with Crippen molar-refractivity contribution < 1.29 is 0 Å². The van der Waals surface area contributed by atoms with Gasteiger partial charge in [-0.2, -0.15) is 4.99 Å². The zero-order chi connectivity index (χ0) is 13.9. The van der Waals surface area contributed by atoms with E-state index in [2.05, 4.69) is 14.7 Å². The van der Waals surface area contributed by atoms with Crippen LogP contribution < -0.4 is 10.5 Å². The highest BCUT2D eigenvalue weighted by Gasteiger charge is 2.13. The molecule has 0 bridgehead atoms. The number of nitrogens with two attached hydrogens (primary N) is 1. The number of nitrogens with one attached hydrogen (secondary N) is 1. The Hall–Kier alpha value is -2.27. The van der Waals surface area contributed by atoms with Crippen LogP contribution in [-0.4, -0.2) is 11.8 Å². The molecule has 1 aliphatic heterocycles. The quantitative estimate of drug-likeness (QED) is 0.790. The van der Waals surface area contributed by atoms with Gasteiger partial charge < -0.3 is 5.73 Å². The number of benzene rings is 2. The lowest BCUT2D eigenvalue weighted by Gasteiger charge is -2.03. The highest BCUT2D eigenvalue weighted by molar-refractivity contribution is 7.98. The maximum Gasteiger partial charge on any atom is 0.235 e. The predicted octanol–water partition coefficient (Wildman–Crippen LogP) is 3.00. The van der Waals surface area contributed by atoms with Gasteiger partial charge in [0.1, 0.15) is 5.84 Å². The first-order chi connectivity index (χ1) is 9.74. The molecule has 3 N–H and O–H groups in total. The van der Waals surface area contributed by atoms with Crippen molar-refractivity contribution >= 4 is 29.4 Å². The number of para-hydroxylation sites is 1. The highest BCUT2D eigenvalue weighted by Crippen LogP contribution is 2.24. The first-order valence-electron chi connectivity index (χ1n) is 6.25. The van der Waals surface area contributed by atoms with Gasteiger partial charge in [-0.25, -0.2) is 4.99 Å². The molecule has 0 amide bonds. The van der Waals surface area contributed by atoms with Crippen molar-refractivity contribution in [3.05, 3.63) is 59.7 Å². The van der Waals surface area contributed by atoms with Crippen LogP contribution in [-0.2, 0) is 0 Å². The smallest absolute Gasteiger partial charge is 0.235 e. The zero-order valence-electron chi connectivity index (χ0n) is 11.0. The molecule has 3 rings (SSSR count). The summed E-state index contributed by atoms with van der Waals surface area (Å²) in [6.45, 7) is 2.02. The Morgan fingerprint density at radius 3 is 2.70 bits per heavy atom. The minimum Gasteiger partial charge on any atom is -0.383 e. The minimum absolute atomic E-state index is 0.477. The van der Waals surface area contributed by atoms with E-state index in [0.29, 0.717) is 11.8 Å². The number of amidine groups is 1. The number of hydrogen-bond acceptors (Lipinski definition) is 3. The summed E-state index contributed by atoms with van der Waals surface area (Å²) >= 11 is 1.47. The summed E-state index contributed by atoms with van der Waals surface area (Å²) in [4.78, 5) is 9.94. The molecule has 5 heteroatoms. The molecule has 0 fully saturated rings. The molecule has 0 radical (unpaired) electrons. The van der Waals surface area contributed by atoms with Crippen LogP contribution in [0.5, 0.6) is 0 Å². The fourth-order valence-electron chi connectivity index (χ4n) is 1.92. The van der Waals surface area contributed by atoms with Crippen LogP contribution in [0.1, 0.15) is 11.1 Å². The number of rotatable bonds is 1. The normalized spacial score (nSPS) is 16.1. The average Bonchev–Trinajstić information content (AvgIpc) is 2.62. The van der Waals surface area contributed by atoms with Gasteiger partial charge in [0, 0.05) is 10.5 Å². The third-order valence-electron chi connectivity index (χ3n) is 2.98. The van der Waals surface area contributed by atoms with Crippen molar-refractivity contribution in [1.29, 1.82) is 0 Å². The molecular weight excluding hydrogens is 268 g/mol. The van der Waals surface area contributed by atoms with Crippen LogP contribution >= 0.6 is 11.9 Å². The maximum absolute atomic E-state index is 6.04. The molecule has 1 aliphatic rings. The number of aliphatic imine (C=N–C) groups is 2. The first-order valence-corrected chi connectivity index (χ1v) is 7.06. The summed E-state index contributed by atoms with van der Waals surface area (Å²) in [6.07, 6.45) is 0. The third kappa shape index (κ3) is 2.53. The Balaban J connectivity index is 1.99. The van der Waals surface area contributed by atoms with Gasteiger partial charge >= 0.3 is 0 Å². The Labute approximate surface area is 122 Å². The lowest BCUT2D eigenvalue weighted by molar-refractivity contribution is 1.32. The number of aryl methyl sites for hydroxylation is 1. The molecule has 0 unspecified atom stereocenters. The summed E-state index contributed by atoms with van der Waals surface area (Å²) in [6, 6.07) is 15.8. The Morgan fingerprint density at radius 1 is 1.10 bits per heavy atom. The fourth-order valence-corrected chi connectivity index (χ4v) is 2.64. The molecule has 0 atom stereocenters. The lowest BCUT2D eigenvalue weighted by atomic mass is 10.2. The van der Waals surface area contributed by atoms with Crippen LogP contribution in [0.2, 0.25) is 0 Å². The molecule has 4 nitrogen and oxygen atoms in total. The molecule has 100 valence electrons. The van der Waals surface area contributed by atoms with E-state index in [1.165, 1.54) is 11.9 Å². The van der Waals surface area contributed by atoms with E-state index in [1.54, 1.807) is 0 Å². The Bertz CT molecular complexity index is 707. The molecule has 0 saturated heterocycles. The van der Waals surface area contributed by atoms with E-state index < -0.39 is 0 Å². The van der Waals surface area contributed by atoms with Crippen LogP contribution in [0.25, 0.3) is 0 Å². The monoisotopic (exact) mass is 282 g/mol. The van der Waals surface area contributed by atoms with Crippen LogP contribution in [0.3, 0.4) is 0 Å². The molecule has 20 heavy (non-hydrogen) atoms. The number of hydrogen-bond donors (Lipinski definition) is 2. The molecule has 2 aromatic rings. The molecule has 0 spiro atoms. The Kier molecular flexibility index (Phi) is 3.43. The lowest BCUT2D eigenvalue weighted by Crippen LogP contribution is -2.17. The summed E-state index contributed by atoms with van der Waals surface area (Å²) in [5, 5.41) is 0. The molecule has 0 aliphatic carbocycles. The number of fused-ring (bicyclic) bond motifs is 1. The second-order valence-corrected chi connectivity index (χ2v) is 5.27. The second-order valence-electron chi connectivity index (χ2n) is 4.42. The van der Waals surface area contributed by atoms with E-state index in [9.17, 15) is 0 Å². The van der Waals surface area contributed by atoms with Gasteiger partial charge in [-0.3, -0.25) is 4.72 Å². The van der Waals surface area contributed by atoms with E-state index in [0.717, 1.165) is 21.7 Å². The van der Waals surface area contributed by atoms with Crippen molar-refractivity contribution in [2.24, 2.45) is 15.7 Å². The fraction of sp³-hybridized carbons (Fsp3) is 0.0667. The highest BCUT2D eigenvalue weighted by atomic mass is 32.2. The van der Waals surface area contributed by atoms with Crippen LogP contribution in [0.4, 0.5) is 5.69 Å². The SMILES string of the molecule is Cc1ccccc1N=C1N=C(N)c2ccccc2SN1. The molecule has 0 aromatic heterocycles. The van der Waals surface area contributed by atoms with E-state index in [4.69, 9.17) is 5.73 Å². The summed E-state index contributed by atoms with van der Waals surface area (Å²) in [5.41, 5.74) is 8.96. The summed E-state index contributed by atoms with van der Waals surface area (Å²) in [5.74, 6) is 0.989. The minimum atomic E-state index is 0.477. The molecule has 2 aromatic carbocycles. The summed E-state index contributed by atoms with van der Waals surface area (Å²) in [7, 11) is 0. The molecule has 1 heterocycles. The topological polar surface area (TPSA) is 62.8 Å². The van der Waals surface area contributed by atoms with Crippen molar-refractivity contribution in [3.63, 3.8) is 0 Å². The van der Waals surface area contributed by atoms with Gasteiger partial charge in [0.15, 0.2) is 0 Å². The zero-order valence-corrected chi connectivity index (χ0v) is 11.8. The Morgan fingerprint density at radius 2 is 1.85 bits per heavy atom. The van der Waals surface area contributed by atoms with E-state index in [1.807, 2.05) is 55.5 Å². The number of nitrogens with zero attached hydrogens (tertiary/aromatic N) is 2. The van der Waals surface area contributed by atoms with Gasteiger partial charge in [-0.05, 0) is 36.6 Å². The van der Waals surface area contributed by atoms with Crippen molar-refractivity contribution in [3.8, 4) is 0 Å². The van der Waals surface area contributed by atoms with Crippen molar-refractivity contribution in [2.75, 3.05) is 0 Å². The number of guanidine groups is 1. The standard InChI is InChI=1S/C15H14N4S/c1-10-6-2-4-8-12(10)17-15-18-14(16)11-7-3-5-9-13(11)20-19-15/h2-9H,1H3,(H3,16,17,18,19). The molecular formula is C15H14N4S. The predicted molar refractivity (Wildman–Crippen MR) is 84.4 cm³/mol. The maximum atomic E-state index is 6.04. The van der Waals surface area contributed by atoms with Gasteiger partial charge in [-0.1, -0.05) is 36.4 Å². The first kappa shape index (κ1) is 12.7. The van der Waals surface area contributed by atoms with Gasteiger partial charge in [-0.15, -0.1) is 0 Å². The van der Waals surface area contributed by atoms with Crippen molar-refractivity contribution in [1.82, 2.24) is 4.72 Å². The van der Waals surface area contributed by atoms with Crippen LogP contribution in [0.15, 0.2) is 63.4 Å².